The van der Waals surface area contributed by atoms with Crippen LogP contribution in [-0.4, -0.2) is 27.1 Å². The Kier molecular flexibility index (Phi) is 2.99. The minimum Gasteiger partial charge on any atom is -0.330 e. The number of fused-ring (bicyclic) bond motifs is 2. The molecule has 5 nitrogen and oxygen atoms in total. The van der Waals surface area contributed by atoms with Crippen molar-refractivity contribution in [3.8, 4) is 11.3 Å². The maximum absolute atomic E-state index is 12.8. The zero-order valence-corrected chi connectivity index (χ0v) is 12.5. The lowest BCUT2D eigenvalue weighted by molar-refractivity contribution is 0.104. The highest BCUT2D eigenvalue weighted by Crippen LogP contribution is 2.41. The number of pyridine rings is 1. The largest absolute Gasteiger partial charge is 0.330 e. The summed E-state index contributed by atoms with van der Waals surface area (Å²) in [6, 6.07) is 5.49. The number of hydrogen-bond acceptors (Lipinski definition) is 4. The Hall–Kier alpha value is -2.24. The second-order valence-electron chi connectivity index (χ2n) is 5.28. The Morgan fingerprint density at radius 1 is 1.23 bits per heavy atom. The standard InChI is InChI=1S/C16H13ClN4O/c17-11-2-3-12-14-13(11)16(22)10-8-19-6-4-9(10)15(14)20-21(12)7-1-5-18/h2-4,6,8H,1,5,7,18H2. The van der Waals surface area contributed by atoms with Crippen molar-refractivity contribution >= 4 is 28.3 Å². The van der Waals surface area contributed by atoms with Gasteiger partial charge in [0, 0.05) is 29.9 Å². The van der Waals surface area contributed by atoms with Crippen molar-refractivity contribution in [1.29, 1.82) is 0 Å². The van der Waals surface area contributed by atoms with E-state index in [0.29, 0.717) is 29.2 Å². The molecule has 0 fully saturated rings. The molecule has 22 heavy (non-hydrogen) atoms. The van der Waals surface area contributed by atoms with Gasteiger partial charge >= 0.3 is 0 Å². The van der Waals surface area contributed by atoms with Crippen LogP contribution < -0.4 is 5.73 Å². The van der Waals surface area contributed by atoms with Crippen LogP contribution in [0.4, 0.5) is 0 Å². The normalized spacial score (nSPS) is 12.7. The van der Waals surface area contributed by atoms with Crippen LogP contribution in [0.2, 0.25) is 5.02 Å². The minimum absolute atomic E-state index is 0.0930. The van der Waals surface area contributed by atoms with E-state index in [9.17, 15) is 4.79 Å². The number of benzene rings is 1. The van der Waals surface area contributed by atoms with Gasteiger partial charge in [-0.1, -0.05) is 11.6 Å². The van der Waals surface area contributed by atoms with E-state index in [-0.39, 0.29) is 5.78 Å². The van der Waals surface area contributed by atoms with Crippen molar-refractivity contribution < 1.29 is 4.79 Å². The van der Waals surface area contributed by atoms with Crippen LogP contribution in [0.15, 0.2) is 30.6 Å². The summed E-state index contributed by atoms with van der Waals surface area (Å²) in [7, 11) is 0. The number of halogens is 1. The highest BCUT2D eigenvalue weighted by atomic mass is 35.5. The van der Waals surface area contributed by atoms with Gasteiger partial charge in [0.15, 0.2) is 5.78 Å². The molecule has 6 heteroatoms. The number of hydrogen-bond donors (Lipinski definition) is 1. The molecule has 1 aromatic carbocycles. The number of nitrogens with two attached hydrogens (primary N) is 1. The van der Waals surface area contributed by atoms with Crippen LogP contribution in [0.25, 0.3) is 22.2 Å². The number of rotatable bonds is 3. The van der Waals surface area contributed by atoms with E-state index in [2.05, 4.69) is 4.98 Å². The summed E-state index contributed by atoms with van der Waals surface area (Å²) in [4.78, 5) is 16.8. The molecule has 3 aromatic rings. The van der Waals surface area contributed by atoms with Gasteiger partial charge in [-0.15, -0.1) is 0 Å². The predicted molar refractivity (Wildman–Crippen MR) is 85.1 cm³/mol. The molecule has 2 aromatic heterocycles. The van der Waals surface area contributed by atoms with Crippen LogP contribution in [0, 0.1) is 0 Å². The Balaban J connectivity index is 2.09. The third-order valence-electron chi connectivity index (χ3n) is 3.99. The smallest absolute Gasteiger partial charge is 0.197 e. The quantitative estimate of drug-likeness (QED) is 0.631. The Labute approximate surface area is 131 Å². The number of carbonyl (C=O) groups excluding carboxylic acids is 1. The van der Waals surface area contributed by atoms with Gasteiger partial charge in [-0.05, 0) is 31.2 Å². The van der Waals surface area contributed by atoms with Gasteiger partial charge in [0.25, 0.3) is 0 Å². The molecule has 0 saturated carbocycles. The van der Waals surface area contributed by atoms with Crippen LogP contribution in [0.1, 0.15) is 22.3 Å². The van der Waals surface area contributed by atoms with E-state index >= 15 is 0 Å². The highest BCUT2D eigenvalue weighted by Gasteiger charge is 2.30. The van der Waals surface area contributed by atoms with Crippen LogP contribution >= 0.6 is 11.6 Å². The lowest BCUT2D eigenvalue weighted by Crippen LogP contribution is -2.10. The number of aromatic nitrogens is 3. The molecule has 0 unspecified atom stereocenters. The minimum atomic E-state index is -0.0930. The topological polar surface area (TPSA) is 73.8 Å². The van der Waals surface area contributed by atoms with E-state index in [1.54, 1.807) is 18.5 Å². The average molecular weight is 313 g/mol. The van der Waals surface area contributed by atoms with E-state index in [1.165, 1.54) is 0 Å². The SMILES string of the molecule is NCCCn1nc2c3c(c(Cl)ccc31)C(=O)c1cnccc1-2. The van der Waals surface area contributed by atoms with Gasteiger partial charge in [0.2, 0.25) is 0 Å². The summed E-state index contributed by atoms with van der Waals surface area (Å²) in [5, 5.41) is 5.97. The van der Waals surface area contributed by atoms with Crippen LogP contribution in [0.5, 0.6) is 0 Å². The second-order valence-corrected chi connectivity index (χ2v) is 5.69. The molecule has 1 aliphatic carbocycles. The number of carbonyl (C=O) groups is 1. The molecular formula is C16H13ClN4O. The number of ketones is 1. The average Bonchev–Trinajstić information content (AvgIpc) is 2.91. The summed E-state index contributed by atoms with van der Waals surface area (Å²) in [6.45, 7) is 1.30. The van der Waals surface area contributed by atoms with E-state index in [0.717, 1.165) is 28.6 Å². The molecule has 2 heterocycles. The zero-order valence-electron chi connectivity index (χ0n) is 11.7. The third kappa shape index (κ3) is 1.73. The first-order valence-corrected chi connectivity index (χ1v) is 7.48. The molecule has 0 amide bonds. The van der Waals surface area contributed by atoms with E-state index in [4.69, 9.17) is 22.4 Å². The molecule has 4 rings (SSSR count). The van der Waals surface area contributed by atoms with Crippen molar-refractivity contribution in [2.75, 3.05) is 6.54 Å². The van der Waals surface area contributed by atoms with Crippen LogP contribution in [-0.2, 0) is 6.54 Å². The maximum atomic E-state index is 12.8. The summed E-state index contributed by atoms with van der Waals surface area (Å²) >= 11 is 6.29. The van der Waals surface area contributed by atoms with Gasteiger partial charge < -0.3 is 5.73 Å². The maximum Gasteiger partial charge on any atom is 0.197 e. The zero-order chi connectivity index (χ0) is 15.3. The number of aryl methyl sites for hydroxylation is 1. The Morgan fingerprint density at radius 3 is 2.91 bits per heavy atom. The fourth-order valence-corrected chi connectivity index (χ4v) is 3.23. The van der Waals surface area contributed by atoms with Crippen molar-refractivity contribution in [3.63, 3.8) is 0 Å². The van der Waals surface area contributed by atoms with E-state index in [1.807, 2.05) is 16.8 Å². The van der Waals surface area contributed by atoms with Crippen molar-refractivity contribution in [3.05, 3.63) is 46.7 Å². The lowest BCUT2D eigenvalue weighted by Gasteiger charge is -2.14. The monoisotopic (exact) mass is 312 g/mol. The van der Waals surface area contributed by atoms with E-state index < -0.39 is 0 Å². The first kappa shape index (κ1) is 13.4. The van der Waals surface area contributed by atoms with Crippen molar-refractivity contribution in [2.24, 2.45) is 5.73 Å². The predicted octanol–water partition coefficient (Wildman–Crippen LogP) is 2.64. The molecule has 0 atom stereocenters. The molecule has 0 bridgehead atoms. The lowest BCUT2D eigenvalue weighted by atomic mass is 9.89. The van der Waals surface area contributed by atoms with Crippen molar-refractivity contribution in [2.45, 2.75) is 13.0 Å². The fraction of sp³-hybridized carbons (Fsp3) is 0.188. The summed E-state index contributed by atoms with van der Waals surface area (Å²) < 4.78 is 1.90. The van der Waals surface area contributed by atoms with Gasteiger partial charge in [0.1, 0.15) is 5.69 Å². The summed E-state index contributed by atoms with van der Waals surface area (Å²) in [5.41, 5.74) is 9.19. The van der Waals surface area contributed by atoms with Gasteiger partial charge in [0.05, 0.1) is 21.7 Å². The van der Waals surface area contributed by atoms with Crippen LogP contribution in [0.3, 0.4) is 0 Å². The highest BCUT2D eigenvalue weighted by molar-refractivity contribution is 6.39. The molecule has 1 aliphatic rings. The Bertz CT molecular complexity index is 916. The van der Waals surface area contributed by atoms with Gasteiger partial charge in [-0.25, -0.2) is 0 Å². The molecule has 0 saturated heterocycles. The summed E-state index contributed by atoms with van der Waals surface area (Å²) in [6.07, 6.45) is 4.08. The molecule has 0 aliphatic heterocycles. The molecule has 0 spiro atoms. The number of nitrogens with zero attached hydrogens (tertiary/aromatic N) is 3. The molecule has 0 radical (unpaired) electrons. The third-order valence-corrected chi connectivity index (χ3v) is 4.30. The van der Waals surface area contributed by atoms with Gasteiger partial charge in [-0.3, -0.25) is 14.5 Å². The first-order chi connectivity index (χ1) is 10.7. The fourth-order valence-electron chi connectivity index (χ4n) is 2.98. The Morgan fingerprint density at radius 2 is 2.09 bits per heavy atom. The van der Waals surface area contributed by atoms with Gasteiger partial charge in [-0.2, -0.15) is 5.10 Å². The molecule has 2 N–H and O–H groups in total. The summed E-state index contributed by atoms with van der Waals surface area (Å²) in [5.74, 6) is -0.0930. The molecular weight excluding hydrogens is 300 g/mol. The second kappa shape index (κ2) is 4.90. The first-order valence-electron chi connectivity index (χ1n) is 7.10. The van der Waals surface area contributed by atoms with Crippen molar-refractivity contribution in [1.82, 2.24) is 14.8 Å². The molecule has 110 valence electrons.